The third-order valence-corrected chi connectivity index (χ3v) is 4.44. The fraction of sp³-hybridized carbons (Fsp3) is 0.312. The van der Waals surface area contributed by atoms with Gasteiger partial charge in [-0.3, -0.25) is 5.01 Å². The number of hydrogen-bond donors (Lipinski definition) is 1. The molecule has 25 heavy (non-hydrogen) atoms. The largest absolute Gasteiger partial charge is 0.291 e. The van der Waals surface area contributed by atoms with Gasteiger partial charge in [0.05, 0.1) is 11.1 Å². The summed E-state index contributed by atoms with van der Waals surface area (Å²) in [7, 11) is 0. The molecule has 0 spiro atoms. The Morgan fingerprint density at radius 1 is 1.16 bits per heavy atom. The van der Waals surface area contributed by atoms with E-state index in [0.717, 1.165) is 19.4 Å². The van der Waals surface area contributed by atoms with Crippen molar-refractivity contribution in [1.29, 1.82) is 0 Å². The zero-order valence-electron chi connectivity index (χ0n) is 13.4. The summed E-state index contributed by atoms with van der Waals surface area (Å²) in [6.07, 6.45) is 3.28. The maximum absolute atomic E-state index is 14.6. The van der Waals surface area contributed by atoms with Crippen LogP contribution in [0.1, 0.15) is 18.4 Å². The van der Waals surface area contributed by atoms with E-state index in [4.69, 9.17) is 11.6 Å². The standard InChI is InChI=1S/C16H15ClF2N6/c1-9-6-10(18)12(11(19)7-9)13-14(17)23-16-20-8-22-25(16)15(13)24-5-3-2-4-21-24/h6-8,21H,2-5H2,1H3. The van der Waals surface area contributed by atoms with Crippen LogP contribution in [0.2, 0.25) is 5.15 Å². The Labute approximate surface area is 147 Å². The molecule has 1 N–H and O–H groups in total. The van der Waals surface area contributed by atoms with E-state index >= 15 is 0 Å². The van der Waals surface area contributed by atoms with Crippen molar-refractivity contribution in [2.24, 2.45) is 0 Å². The Morgan fingerprint density at radius 2 is 1.92 bits per heavy atom. The lowest BCUT2D eigenvalue weighted by molar-refractivity contribution is 0.503. The first-order valence-electron chi connectivity index (χ1n) is 7.92. The Kier molecular flexibility index (Phi) is 4.01. The van der Waals surface area contributed by atoms with Crippen LogP contribution in [0.3, 0.4) is 0 Å². The van der Waals surface area contributed by atoms with Crippen LogP contribution in [0.4, 0.5) is 14.6 Å². The fourth-order valence-electron chi connectivity index (χ4n) is 3.07. The van der Waals surface area contributed by atoms with E-state index in [0.29, 0.717) is 17.9 Å². The average Bonchev–Trinajstić information content (AvgIpc) is 3.02. The molecule has 0 bridgehead atoms. The van der Waals surface area contributed by atoms with Crippen LogP contribution >= 0.6 is 11.6 Å². The van der Waals surface area contributed by atoms with Crippen molar-refractivity contribution in [3.63, 3.8) is 0 Å². The first-order chi connectivity index (χ1) is 12.1. The van der Waals surface area contributed by atoms with Crippen LogP contribution in [-0.4, -0.2) is 32.7 Å². The molecule has 0 unspecified atom stereocenters. The monoisotopic (exact) mass is 364 g/mol. The van der Waals surface area contributed by atoms with Gasteiger partial charge in [0, 0.05) is 13.1 Å². The fourth-order valence-corrected chi connectivity index (χ4v) is 3.33. The third-order valence-electron chi connectivity index (χ3n) is 4.16. The molecule has 1 aliphatic heterocycles. The van der Waals surface area contributed by atoms with Crippen molar-refractivity contribution in [2.45, 2.75) is 19.8 Å². The van der Waals surface area contributed by atoms with E-state index in [1.807, 2.05) is 0 Å². The SMILES string of the molecule is Cc1cc(F)c(-c2c(Cl)nc3ncnn3c2N2CCCCN2)c(F)c1. The van der Waals surface area contributed by atoms with Crippen molar-refractivity contribution in [3.8, 4) is 11.1 Å². The van der Waals surface area contributed by atoms with E-state index in [1.165, 1.54) is 23.0 Å². The van der Waals surface area contributed by atoms with E-state index in [9.17, 15) is 8.78 Å². The molecule has 9 heteroatoms. The molecule has 2 aromatic heterocycles. The number of anilines is 1. The molecule has 4 rings (SSSR count). The van der Waals surface area contributed by atoms with Crippen LogP contribution in [0, 0.1) is 18.6 Å². The predicted octanol–water partition coefficient (Wildman–Crippen LogP) is 3.14. The number of fused-ring (bicyclic) bond motifs is 1. The topological polar surface area (TPSA) is 58.4 Å². The van der Waals surface area contributed by atoms with Gasteiger partial charge in [-0.2, -0.15) is 19.6 Å². The van der Waals surface area contributed by atoms with Gasteiger partial charge in [-0.1, -0.05) is 11.6 Å². The minimum atomic E-state index is -0.695. The van der Waals surface area contributed by atoms with Crippen LogP contribution in [0.25, 0.3) is 16.9 Å². The summed E-state index contributed by atoms with van der Waals surface area (Å²) in [5.41, 5.74) is 3.64. The number of rotatable bonds is 2. The Hall–Kier alpha value is -2.32. The first kappa shape index (κ1) is 16.2. The smallest absolute Gasteiger partial charge is 0.255 e. The molecule has 0 saturated carbocycles. The predicted molar refractivity (Wildman–Crippen MR) is 90.5 cm³/mol. The summed E-state index contributed by atoms with van der Waals surface area (Å²) in [4.78, 5) is 8.18. The van der Waals surface area contributed by atoms with E-state index < -0.39 is 11.6 Å². The molecule has 1 aromatic carbocycles. The number of halogens is 3. The van der Waals surface area contributed by atoms with Crippen LogP contribution < -0.4 is 10.4 Å². The molecule has 6 nitrogen and oxygen atoms in total. The molecular weight excluding hydrogens is 350 g/mol. The van der Waals surface area contributed by atoms with Crippen molar-refractivity contribution >= 4 is 23.2 Å². The normalized spacial score (nSPS) is 15.1. The van der Waals surface area contributed by atoms with Gasteiger partial charge < -0.3 is 0 Å². The van der Waals surface area contributed by atoms with Gasteiger partial charge >= 0.3 is 0 Å². The van der Waals surface area contributed by atoms with Crippen molar-refractivity contribution < 1.29 is 8.78 Å². The van der Waals surface area contributed by atoms with Gasteiger partial charge in [0.1, 0.15) is 23.1 Å². The van der Waals surface area contributed by atoms with E-state index in [-0.39, 0.29) is 22.1 Å². The minimum Gasteiger partial charge on any atom is -0.291 e. The van der Waals surface area contributed by atoms with Gasteiger partial charge in [0.2, 0.25) is 0 Å². The highest BCUT2D eigenvalue weighted by molar-refractivity contribution is 6.33. The van der Waals surface area contributed by atoms with Crippen LogP contribution in [0.5, 0.6) is 0 Å². The molecule has 3 aromatic rings. The summed E-state index contributed by atoms with van der Waals surface area (Å²) in [6, 6.07) is 2.54. The first-order valence-corrected chi connectivity index (χ1v) is 8.30. The molecular formula is C16H15ClF2N6. The summed E-state index contributed by atoms with van der Waals surface area (Å²) >= 11 is 6.32. The Balaban J connectivity index is 2.05. The number of nitrogens with zero attached hydrogens (tertiary/aromatic N) is 5. The Morgan fingerprint density at radius 3 is 2.60 bits per heavy atom. The third kappa shape index (κ3) is 2.71. The highest BCUT2D eigenvalue weighted by atomic mass is 35.5. The van der Waals surface area contributed by atoms with E-state index in [2.05, 4.69) is 20.5 Å². The number of aryl methyl sites for hydroxylation is 1. The van der Waals surface area contributed by atoms with Gasteiger partial charge in [-0.25, -0.2) is 14.2 Å². The summed E-state index contributed by atoms with van der Waals surface area (Å²) < 4.78 is 30.7. The van der Waals surface area contributed by atoms with Gasteiger partial charge in [-0.15, -0.1) is 0 Å². The molecule has 3 heterocycles. The minimum absolute atomic E-state index is 0.0236. The summed E-state index contributed by atoms with van der Waals surface area (Å²) in [5.74, 6) is -0.698. The average molecular weight is 365 g/mol. The molecule has 0 atom stereocenters. The second-order valence-corrected chi connectivity index (χ2v) is 6.30. The maximum atomic E-state index is 14.6. The highest BCUT2D eigenvalue weighted by Crippen LogP contribution is 2.39. The zero-order chi connectivity index (χ0) is 17.6. The van der Waals surface area contributed by atoms with E-state index in [1.54, 1.807) is 11.9 Å². The maximum Gasteiger partial charge on any atom is 0.255 e. The highest BCUT2D eigenvalue weighted by Gasteiger charge is 2.27. The number of aromatic nitrogens is 4. The van der Waals surface area contributed by atoms with Crippen LogP contribution in [0.15, 0.2) is 18.5 Å². The van der Waals surface area contributed by atoms with Gasteiger partial charge in [0.15, 0.2) is 5.82 Å². The quantitative estimate of drug-likeness (QED) is 0.708. The second kappa shape index (κ2) is 6.20. The number of hydrazine groups is 1. The molecule has 0 amide bonds. The lowest BCUT2D eigenvalue weighted by Gasteiger charge is -2.31. The van der Waals surface area contributed by atoms with Gasteiger partial charge in [0.25, 0.3) is 5.78 Å². The van der Waals surface area contributed by atoms with Crippen molar-refractivity contribution in [2.75, 3.05) is 18.1 Å². The molecule has 0 aliphatic carbocycles. The number of nitrogens with one attached hydrogen (secondary N) is 1. The van der Waals surface area contributed by atoms with Crippen LogP contribution in [-0.2, 0) is 0 Å². The summed E-state index contributed by atoms with van der Waals surface area (Å²) in [5, 5.41) is 5.93. The lowest BCUT2D eigenvalue weighted by atomic mass is 10.0. The molecule has 1 aliphatic rings. The van der Waals surface area contributed by atoms with Crippen molar-refractivity contribution in [3.05, 3.63) is 40.8 Å². The molecule has 1 fully saturated rings. The molecule has 0 radical (unpaired) electrons. The number of hydrogen-bond acceptors (Lipinski definition) is 5. The molecule has 130 valence electrons. The lowest BCUT2D eigenvalue weighted by Crippen LogP contribution is -2.44. The second-order valence-electron chi connectivity index (χ2n) is 5.94. The zero-order valence-corrected chi connectivity index (χ0v) is 14.2. The Bertz CT molecular complexity index is 928. The molecule has 1 saturated heterocycles. The number of benzene rings is 1. The van der Waals surface area contributed by atoms with Crippen molar-refractivity contribution in [1.82, 2.24) is 25.0 Å². The summed E-state index contributed by atoms with van der Waals surface area (Å²) in [6.45, 7) is 3.02. The van der Waals surface area contributed by atoms with Gasteiger partial charge in [-0.05, 0) is 37.5 Å².